The molecular weight excluding hydrogens is 360 g/mol. The van der Waals surface area contributed by atoms with Gasteiger partial charge in [0.1, 0.15) is 12.4 Å². The fourth-order valence-electron chi connectivity index (χ4n) is 2.83. The summed E-state index contributed by atoms with van der Waals surface area (Å²) in [7, 11) is 0. The second-order valence-corrected chi connectivity index (χ2v) is 7.50. The van der Waals surface area contributed by atoms with Gasteiger partial charge in [-0.3, -0.25) is 4.79 Å². The van der Waals surface area contributed by atoms with E-state index < -0.39 is 0 Å². The van der Waals surface area contributed by atoms with Crippen molar-refractivity contribution in [3.05, 3.63) is 89.5 Å². The molecule has 0 aliphatic heterocycles. The normalized spacial score (nSPS) is 10.6. The molecule has 0 bridgehead atoms. The Bertz CT molecular complexity index is 932. The predicted octanol–water partition coefficient (Wildman–Crippen LogP) is 5.78. The Morgan fingerprint density at radius 2 is 1.59 bits per heavy atom. The maximum Gasteiger partial charge on any atom is 0.226 e. The highest BCUT2D eigenvalue weighted by Crippen LogP contribution is 2.18. The van der Waals surface area contributed by atoms with Crippen LogP contribution >= 0.6 is 0 Å². The third-order valence-electron chi connectivity index (χ3n) is 4.58. The molecule has 0 unspecified atom stereocenters. The Morgan fingerprint density at radius 3 is 2.24 bits per heavy atom. The van der Waals surface area contributed by atoms with E-state index in [-0.39, 0.29) is 11.8 Å². The van der Waals surface area contributed by atoms with E-state index >= 15 is 0 Å². The molecule has 4 nitrogen and oxygen atoms in total. The number of benzene rings is 3. The van der Waals surface area contributed by atoms with Crippen LogP contribution in [0.25, 0.3) is 0 Å². The Morgan fingerprint density at radius 1 is 0.897 bits per heavy atom. The number of rotatable bonds is 8. The SMILES string of the molecule is Cc1cccc(COc2ccc(CNc3ccc(NC(=O)C(C)C)cc3)cc2)c1. The van der Waals surface area contributed by atoms with E-state index in [0.29, 0.717) is 6.61 Å². The van der Waals surface area contributed by atoms with Crippen LogP contribution in [-0.2, 0) is 17.9 Å². The summed E-state index contributed by atoms with van der Waals surface area (Å²) in [6.45, 7) is 7.13. The molecule has 0 spiro atoms. The lowest BCUT2D eigenvalue weighted by Gasteiger charge is -2.11. The number of amides is 1. The van der Waals surface area contributed by atoms with Crippen LogP contribution < -0.4 is 15.4 Å². The standard InChI is InChI=1S/C25H28N2O2/c1-18(2)25(28)27-23-11-9-22(10-12-23)26-16-20-7-13-24(14-8-20)29-17-21-6-4-5-19(3)15-21/h4-15,18,26H,16-17H2,1-3H3,(H,27,28). The summed E-state index contributed by atoms with van der Waals surface area (Å²) in [6, 6.07) is 24.2. The second-order valence-electron chi connectivity index (χ2n) is 7.50. The van der Waals surface area contributed by atoms with E-state index in [1.165, 1.54) is 16.7 Å². The van der Waals surface area contributed by atoms with Crippen LogP contribution in [0.1, 0.15) is 30.5 Å². The van der Waals surface area contributed by atoms with Gasteiger partial charge in [0.05, 0.1) is 0 Å². The molecule has 3 aromatic carbocycles. The number of nitrogens with one attached hydrogen (secondary N) is 2. The molecule has 150 valence electrons. The van der Waals surface area contributed by atoms with Gasteiger partial charge in [-0.1, -0.05) is 55.8 Å². The van der Waals surface area contributed by atoms with Crippen LogP contribution in [0.5, 0.6) is 5.75 Å². The van der Waals surface area contributed by atoms with Crippen molar-refractivity contribution in [1.82, 2.24) is 0 Å². The predicted molar refractivity (Wildman–Crippen MR) is 119 cm³/mol. The molecule has 0 heterocycles. The largest absolute Gasteiger partial charge is 0.489 e. The number of aryl methyl sites for hydroxylation is 1. The molecule has 0 aliphatic rings. The van der Waals surface area contributed by atoms with Crippen molar-refractivity contribution in [2.45, 2.75) is 33.9 Å². The Labute approximate surface area is 172 Å². The average molecular weight is 389 g/mol. The summed E-state index contributed by atoms with van der Waals surface area (Å²) in [5, 5.41) is 6.29. The van der Waals surface area contributed by atoms with Crippen LogP contribution in [0.4, 0.5) is 11.4 Å². The number of carbonyl (C=O) groups is 1. The summed E-state index contributed by atoms with van der Waals surface area (Å²) in [4.78, 5) is 11.7. The van der Waals surface area contributed by atoms with Crippen LogP contribution in [-0.4, -0.2) is 5.91 Å². The Kier molecular flexibility index (Phi) is 6.90. The number of hydrogen-bond donors (Lipinski definition) is 2. The van der Waals surface area contributed by atoms with Crippen molar-refractivity contribution < 1.29 is 9.53 Å². The molecule has 3 rings (SSSR count). The second kappa shape index (κ2) is 9.78. The number of ether oxygens (including phenoxy) is 1. The zero-order chi connectivity index (χ0) is 20.6. The minimum Gasteiger partial charge on any atom is -0.489 e. The summed E-state index contributed by atoms with van der Waals surface area (Å²) in [5.74, 6) is 0.854. The van der Waals surface area contributed by atoms with Crippen molar-refractivity contribution in [2.24, 2.45) is 5.92 Å². The van der Waals surface area contributed by atoms with E-state index in [4.69, 9.17) is 4.74 Å². The number of anilines is 2. The Hall–Kier alpha value is -3.27. The maximum absolute atomic E-state index is 11.7. The van der Waals surface area contributed by atoms with Crippen molar-refractivity contribution in [1.29, 1.82) is 0 Å². The third kappa shape index (κ3) is 6.39. The average Bonchev–Trinajstić information content (AvgIpc) is 2.72. The highest BCUT2D eigenvalue weighted by molar-refractivity contribution is 5.92. The van der Waals surface area contributed by atoms with Crippen molar-refractivity contribution in [2.75, 3.05) is 10.6 Å². The molecular formula is C25H28N2O2. The smallest absolute Gasteiger partial charge is 0.226 e. The molecule has 2 N–H and O–H groups in total. The van der Waals surface area contributed by atoms with Gasteiger partial charge in [-0.05, 0) is 54.4 Å². The first-order valence-corrected chi connectivity index (χ1v) is 9.92. The van der Waals surface area contributed by atoms with Gasteiger partial charge in [0.2, 0.25) is 5.91 Å². The van der Waals surface area contributed by atoms with Gasteiger partial charge in [0, 0.05) is 23.8 Å². The zero-order valence-corrected chi connectivity index (χ0v) is 17.2. The van der Waals surface area contributed by atoms with Gasteiger partial charge >= 0.3 is 0 Å². The molecule has 0 aromatic heterocycles. The topological polar surface area (TPSA) is 50.4 Å². The monoisotopic (exact) mass is 388 g/mol. The van der Waals surface area contributed by atoms with E-state index in [2.05, 4.69) is 47.9 Å². The summed E-state index contributed by atoms with van der Waals surface area (Å²) >= 11 is 0. The van der Waals surface area contributed by atoms with Gasteiger partial charge in [-0.25, -0.2) is 0 Å². The van der Waals surface area contributed by atoms with Crippen LogP contribution in [0.3, 0.4) is 0 Å². The van der Waals surface area contributed by atoms with E-state index in [0.717, 1.165) is 23.7 Å². The summed E-state index contributed by atoms with van der Waals surface area (Å²) in [5.41, 5.74) is 5.40. The molecule has 0 atom stereocenters. The first-order valence-electron chi connectivity index (χ1n) is 9.92. The minimum absolute atomic E-state index is 0.0235. The fourth-order valence-corrected chi connectivity index (χ4v) is 2.83. The van der Waals surface area contributed by atoms with Gasteiger partial charge in [-0.15, -0.1) is 0 Å². The van der Waals surface area contributed by atoms with Gasteiger partial charge < -0.3 is 15.4 Å². The van der Waals surface area contributed by atoms with Gasteiger partial charge in [0.25, 0.3) is 0 Å². The van der Waals surface area contributed by atoms with Crippen LogP contribution in [0.15, 0.2) is 72.8 Å². The maximum atomic E-state index is 11.7. The number of hydrogen-bond acceptors (Lipinski definition) is 3. The number of carbonyl (C=O) groups excluding carboxylic acids is 1. The molecule has 1 amide bonds. The first-order chi connectivity index (χ1) is 14.0. The van der Waals surface area contributed by atoms with Crippen LogP contribution in [0.2, 0.25) is 0 Å². The summed E-state index contributed by atoms with van der Waals surface area (Å²) < 4.78 is 5.87. The van der Waals surface area contributed by atoms with E-state index in [9.17, 15) is 4.79 Å². The zero-order valence-electron chi connectivity index (χ0n) is 17.2. The minimum atomic E-state index is -0.0310. The molecule has 0 saturated carbocycles. The molecule has 0 fully saturated rings. The first kappa shape index (κ1) is 20.5. The molecule has 4 heteroatoms. The molecule has 0 radical (unpaired) electrons. The van der Waals surface area contributed by atoms with Crippen LogP contribution in [0, 0.1) is 12.8 Å². The molecule has 3 aromatic rings. The third-order valence-corrected chi connectivity index (χ3v) is 4.58. The van der Waals surface area contributed by atoms with Crippen molar-refractivity contribution >= 4 is 17.3 Å². The van der Waals surface area contributed by atoms with Crippen molar-refractivity contribution in [3.8, 4) is 5.75 Å². The lowest BCUT2D eigenvalue weighted by atomic mass is 10.1. The molecule has 0 saturated heterocycles. The highest BCUT2D eigenvalue weighted by Gasteiger charge is 2.06. The highest BCUT2D eigenvalue weighted by atomic mass is 16.5. The quantitative estimate of drug-likeness (QED) is 0.514. The van der Waals surface area contributed by atoms with E-state index in [1.54, 1.807) is 0 Å². The Balaban J connectivity index is 1.48. The lowest BCUT2D eigenvalue weighted by molar-refractivity contribution is -0.118. The van der Waals surface area contributed by atoms with Crippen molar-refractivity contribution in [3.63, 3.8) is 0 Å². The van der Waals surface area contributed by atoms with Gasteiger partial charge in [-0.2, -0.15) is 0 Å². The lowest BCUT2D eigenvalue weighted by Crippen LogP contribution is -2.17. The van der Waals surface area contributed by atoms with Gasteiger partial charge in [0.15, 0.2) is 0 Å². The molecule has 0 aliphatic carbocycles. The molecule has 29 heavy (non-hydrogen) atoms. The summed E-state index contributed by atoms with van der Waals surface area (Å²) in [6.07, 6.45) is 0. The fraction of sp³-hybridized carbons (Fsp3) is 0.240. The van der Waals surface area contributed by atoms with E-state index in [1.807, 2.05) is 56.3 Å².